The third kappa shape index (κ3) is 2.94. The molecule has 0 aliphatic heterocycles. The molecule has 0 fully saturated rings. The molecule has 0 saturated carbocycles. The highest BCUT2D eigenvalue weighted by molar-refractivity contribution is 6.33. The molecule has 0 N–H and O–H groups in total. The van der Waals surface area contributed by atoms with Crippen LogP contribution in [0.5, 0.6) is 0 Å². The maximum absolute atomic E-state index is 6.01. The van der Waals surface area contributed by atoms with Crippen molar-refractivity contribution in [1.82, 2.24) is 0 Å². The average molecular weight is 230 g/mol. The zero-order valence-corrected chi connectivity index (χ0v) is 9.56. The average Bonchev–Trinajstić information content (AvgIpc) is 2.33. The Balaban J connectivity index is 2.03. The molecule has 0 spiro atoms. The maximum Gasteiger partial charge on any atom is 0.0639 e. The highest BCUT2D eigenvalue weighted by atomic mass is 35.5. The van der Waals surface area contributed by atoms with E-state index in [1.807, 2.05) is 48.7 Å². The summed E-state index contributed by atoms with van der Waals surface area (Å²) in [6, 6.07) is 17.8. The highest BCUT2D eigenvalue weighted by Gasteiger charge is 1.93. The van der Waals surface area contributed by atoms with Gasteiger partial charge in [-0.1, -0.05) is 60.1 Å². The lowest BCUT2D eigenvalue weighted by Crippen LogP contribution is -1.85. The summed E-state index contributed by atoms with van der Waals surface area (Å²) in [6.45, 7) is 0.687. The van der Waals surface area contributed by atoms with E-state index >= 15 is 0 Å². The molecular weight excluding hydrogens is 218 g/mol. The van der Waals surface area contributed by atoms with Gasteiger partial charge in [-0.2, -0.15) is 0 Å². The number of hydrogen-bond acceptors (Lipinski definition) is 1. The van der Waals surface area contributed by atoms with Crippen molar-refractivity contribution in [3.8, 4) is 0 Å². The van der Waals surface area contributed by atoms with E-state index in [9.17, 15) is 0 Å². The predicted octanol–water partition coefficient (Wildman–Crippen LogP) is 3.96. The molecule has 0 aliphatic rings. The molecular formula is C14H12ClN. The summed E-state index contributed by atoms with van der Waals surface area (Å²) in [5, 5.41) is 0.735. The molecule has 0 bridgehead atoms. The van der Waals surface area contributed by atoms with Gasteiger partial charge >= 0.3 is 0 Å². The van der Waals surface area contributed by atoms with Gasteiger partial charge in [0.05, 0.1) is 6.54 Å². The van der Waals surface area contributed by atoms with Crippen molar-refractivity contribution in [1.29, 1.82) is 0 Å². The van der Waals surface area contributed by atoms with Crippen LogP contribution in [0.15, 0.2) is 59.6 Å². The largest absolute Gasteiger partial charge is 0.288 e. The minimum absolute atomic E-state index is 0.687. The van der Waals surface area contributed by atoms with Crippen LogP contribution in [0.2, 0.25) is 5.02 Å². The Morgan fingerprint density at radius 1 is 0.938 bits per heavy atom. The first kappa shape index (κ1) is 10.9. The Hall–Kier alpha value is -1.60. The number of aliphatic imine (C=N–C) groups is 1. The molecule has 1 nitrogen and oxygen atoms in total. The van der Waals surface area contributed by atoms with E-state index in [-0.39, 0.29) is 0 Å². The van der Waals surface area contributed by atoms with Gasteiger partial charge in [-0.15, -0.1) is 0 Å². The fourth-order valence-corrected chi connectivity index (χ4v) is 1.60. The monoisotopic (exact) mass is 229 g/mol. The summed E-state index contributed by atoms with van der Waals surface area (Å²) < 4.78 is 0. The van der Waals surface area contributed by atoms with Crippen LogP contribution in [0.25, 0.3) is 0 Å². The van der Waals surface area contributed by atoms with Gasteiger partial charge in [0.1, 0.15) is 0 Å². The summed E-state index contributed by atoms with van der Waals surface area (Å²) >= 11 is 6.01. The lowest BCUT2D eigenvalue weighted by Gasteiger charge is -1.97. The SMILES string of the molecule is Clc1ccccc1C=NCc1ccccc1. The van der Waals surface area contributed by atoms with Crippen LogP contribution in [-0.4, -0.2) is 6.21 Å². The molecule has 16 heavy (non-hydrogen) atoms. The van der Waals surface area contributed by atoms with Gasteiger partial charge in [0.15, 0.2) is 0 Å². The number of halogens is 1. The molecule has 2 aromatic carbocycles. The summed E-state index contributed by atoms with van der Waals surface area (Å²) in [5.74, 6) is 0. The second-order valence-electron chi connectivity index (χ2n) is 3.48. The molecule has 0 aliphatic carbocycles. The van der Waals surface area contributed by atoms with Crippen LogP contribution in [0.3, 0.4) is 0 Å². The fourth-order valence-electron chi connectivity index (χ4n) is 1.41. The lowest BCUT2D eigenvalue weighted by molar-refractivity contribution is 1.08. The third-order valence-electron chi connectivity index (χ3n) is 2.25. The normalized spacial score (nSPS) is 10.8. The first-order chi connectivity index (χ1) is 7.86. The van der Waals surface area contributed by atoms with Gasteiger partial charge in [-0.05, 0) is 11.6 Å². The summed E-state index contributed by atoms with van der Waals surface area (Å²) in [6.07, 6.45) is 1.81. The van der Waals surface area contributed by atoms with E-state index in [4.69, 9.17) is 11.6 Å². The second-order valence-corrected chi connectivity index (χ2v) is 3.88. The van der Waals surface area contributed by atoms with Gasteiger partial charge in [-0.25, -0.2) is 0 Å². The van der Waals surface area contributed by atoms with Crippen molar-refractivity contribution in [3.63, 3.8) is 0 Å². The second kappa shape index (κ2) is 5.47. The van der Waals surface area contributed by atoms with Crippen LogP contribution in [0, 0.1) is 0 Å². The van der Waals surface area contributed by atoms with Crippen LogP contribution in [0.4, 0.5) is 0 Å². The van der Waals surface area contributed by atoms with Crippen LogP contribution >= 0.6 is 11.6 Å². The van der Waals surface area contributed by atoms with E-state index in [0.29, 0.717) is 6.54 Å². The maximum atomic E-state index is 6.01. The molecule has 0 amide bonds. The zero-order chi connectivity index (χ0) is 11.2. The lowest BCUT2D eigenvalue weighted by atomic mass is 10.2. The Kier molecular flexibility index (Phi) is 3.73. The molecule has 0 atom stereocenters. The molecule has 2 heteroatoms. The van der Waals surface area contributed by atoms with Gasteiger partial charge in [0, 0.05) is 16.8 Å². The summed E-state index contributed by atoms with van der Waals surface area (Å²) in [5.41, 5.74) is 2.16. The van der Waals surface area contributed by atoms with Crippen LogP contribution in [0.1, 0.15) is 11.1 Å². The van der Waals surface area contributed by atoms with E-state index in [1.54, 1.807) is 0 Å². The summed E-state index contributed by atoms with van der Waals surface area (Å²) in [4.78, 5) is 4.36. The Bertz CT molecular complexity index is 477. The minimum Gasteiger partial charge on any atom is -0.288 e. The highest BCUT2D eigenvalue weighted by Crippen LogP contribution is 2.12. The van der Waals surface area contributed by atoms with Crippen molar-refractivity contribution in [2.24, 2.45) is 4.99 Å². The van der Waals surface area contributed by atoms with E-state index < -0.39 is 0 Å². The first-order valence-corrected chi connectivity index (χ1v) is 5.52. The van der Waals surface area contributed by atoms with Crippen molar-refractivity contribution in [2.75, 3.05) is 0 Å². The Labute approximate surface area is 100 Å². The van der Waals surface area contributed by atoms with Gasteiger partial charge < -0.3 is 0 Å². The van der Waals surface area contributed by atoms with Crippen LogP contribution < -0.4 is 0 Å². The predicted molar refractivity (Wildman–Crippen MR) is 69.2 cm³/mol. The Morgan fingerprint density at radius 3 is 2.38 bits per heavy atom. The standard InChI is InChI=1S/C14H12ClN/c15-14-9-5-4-8-13(14)11-16-10-12-6-2-1-3-7-12/h1-9,11H,10H2. The molecule has 2 rings (SSSR count). The molecule has 0 heterocycles. The smallest absolute Gasteiger partial charge is 0.0639 e. The van der Waals surface area contributed by atoms with E-state index in [2.05, 4.69) is 17.1 Å². The first-order valence-electron chi connectivity index (χ1n) is 5.14. The van der Waals surface area contributed by atoms with Gasteiger partial charge in [0.2, 0.25) is 0 Å². The molecule has 80 valence electrons. The van der Waals surface area contributed by atoms with Gasteiger partial charge in [-0.3, -0.25) is 4.99 Å². The number of hydrogen-bond donors (Lipinski definition) is 0. The van der Waals surface area contributed by atoms with Crippen molar-refractivity contribution in [2.45, 2.75) is 6.54 Å². The molecule has 0 unspecified atom stereocenters. The number of benzene rings is 2. The summed E-state index contributed by atoms with van der Waals surface area (Å²) in [7, 11) is 0. The number of rotatable bonds is 3. The fraction of sp³-hybridized carbons (Fsp3) is 0.0714. The van der Waals surface area contributed by atoms with E-state index in [1.165, 1.54) is 5.56 Å². The molecule has 0 saturated heterocycles. The minimum atomic E-state index is 0.687. The molecule has 0 radical (unpaired) electrons. The van der Waals surface area contributed by atoms with Crippen molar-refractivity contribution in [3.05, 3.63) is 70.7 Å². The van der Waals surface area contributed by atoms with Crippen LogP contribution in [-0.2, 0) is 6.54 Å². The molecule has 0 aromatic heterocycles. The quantitative estimate of drug-likeness (QED) is 0.707. The zero-order valence-electron chi connectivity index (χ0n) is 8.81. The van der Waals surface area contributed by atoms with Crippen molar-refractivity contribution >= 4 is 17.8 Å². The van der Waals surface area contributed by atoms with Gasteiger partial charge in [0.25, 0.3) is 0 Å². The van der Waals surface area contributed by atoms with E-state index in [0.717, 1.165) is 10.6 Å². The number of nitrogens with zero attached hydrogens (tertiary/aromatic N) is 1. The third-order valence-corrected chi connectivity index (χ3v) is 2.60. The Morgan fingerprint density at radius 2 is 1.62 bits per heavy atom. The van der Waals surface area contributed by atoms with Crippen molar-refractivity contribution < 1.29 is 0 Å². The molecule has 2 aromatic rings. The topological polar surface area (TPSA) is 12.4 Å².